The maximum absolute atomic E-state index is 12.6. The minimum atomic E-state index is -4.09. The minimum absolute atomic E-state index is 0.0323. The van der Waals surface area contributed by atoms with Crippen LogP contribution in [0, 0.1) is 0 Å². The van der Waals surface area contributed by atoms with E-state index in [9.17, 15) is 21.9 Å². The molecule has 10 nitrogen and oxygen atoms in total. The Kier molecular flexibility index (Phi) is 14.2. The highest BCUT2D eigenvalue weighted by atomic mass is 32.2. The molecule has 0 bridgehead atoms. The van der Waals surface area contributed by atoms with Crippen molar-refractivity contribution in [3.63, 3.8) is 0 Å². The van der Waals surface area contributed by atoms with Crippen LogP contribution >= 0.6 is 0 Å². The lowest BCUT2D eigenvalue weighted by atomic mass is 9.99. The zero-order valence-corrected chi connectivity index (χ0v) is 26.0. The van der Waals surface area contributed by atoms with Crippen molar-refractivity contribution >= 4 is 20.2 Å². The van der Waals surface area contributed by atoms with Crippen LogP contribution in [0.15, 0.2) is 91.0 Å². The van der Waals surface area contributed by atoms with Crippen LogP contribution in [0.4, 0.5) is 0 Å². The van der Waals surface area contributed by atoms with Crippen molar-refractivity contribution < 1.29 is 44.5 Å². The summed E-state index contributed by atoms with van der Waals surface area (Å²) in [5.41, 5.74) is 2.42. The zero-order chi connectivity index (χ0) is 31.1. The van der Waals surface area contributed by atoms with Crippen molar-refractivity contribution in [2.45, 2.75) is 57.1 Å². The summed E-state index contributed by atoms with van der Waals surface area (Å²) in [7, 11) is -7.99. The molecule has 43 heavy (non-hydrogen) atoms. The van der Waals surface area contributed by atoms with E-state index in [1.165, 1.54) is 0 Å². The van der Waals surface area contributed by atoms with Crippen molar-refractivity contribution in [2.24, 2.45) is 0 Å². The molecule has 0 aromatic heterocycles. The highest BCUT2D eigenvalue weighted by Crippen LogP contribution is 2.26. The molecule has 0 radical (unpaired) electrons. The fourth-order valence-corrected chi connectivity index (χ4v) is 5.35. The van der Waals surface area contributed by atoms with Gasteiger partial charge in [-0.2, -0.15) is 16.8 Å². The topological polar surface area (TPSA) is 135 Å². The predicted molar refractivity (Wildman–Crippen MR) is 162 cm³/mol. The fraction of sp³-hybridized carbons (Fsp3) is 0.419. The van der Waals surface area contributed by atoms with Gasteiger partial charge in [0, 0.05) is 6.61 Å². The SMILES string of the molecule is CS(=O)(=O)OC[C@H](OCc1ccccc1)[C@H](OCc1ccccc1)[C@H](OS(C)(=O)=O)[C@H](CCCO)OCc1ccccc1. The lowest BCUT2D eigenvalue weighted by Crippen LogP contribution is -2.51. The Morgan fingerprint density at radius 1 is 0.605 bits per heavy atom. The highest BCUT2D eigenvalue weighted by molar-refractivity contribution is 7.86. The summed E-state index contributed by atoms with van der Waals surface area (Å²) in [5, 5.41) is 9.64. The summed E-state index contributed by atoms with van der Waals surface area (Å²) in [6.07, 6.45) is -2.15. The Labute approximate surface area is 254 Å². The van der Waals surface area contributed by atoms with Gasteiger partial charge in [-0.15, -0.1) is 0 Å². The van der Waals surface area contributed by atoms with Gasteiger partial charge in [0.25, 0.3) is 20.2 Å². The molecule has 12 heteroatoms. The van der Waals surface area contributed by atoms with Crippen molar-refractivity contribution in [3.8, 4) is 0 Å². The average molecular weight is 637 g/mol. The first kappa shape index (κ1) is 34.8. The van der Waals surface area contributed by atoms with E-state index < -0.39 is 51.3 Å². The van der Waals surface area contributed by atoms with Crippen LogP contribution in [-0.2, 0) is 62.6 Å². The van der Waals surface area contributed by atoms with E-state index in [2.05, 4.69) is 0 Å². The minimum Gasteiger partial charge on any atom is -0.396 e. The monoisotopic (exact) mass is 636 g/mol. The number of benzene rings is 3. The van der Waals surface area contributed by atoms with Crippen LogP contribution in [0.25, 0.3) is 0 Å². The van der Waals surface area contributed by atoms with E-state index in [0.717, 1.165) is 29.2 Å². The summed E-state index contributed by atoms with van der Waals surface area (Å²) in [5.74, 6) is 0. The van der Waals surface area contributed by atoms with Crippen LogP contribution in [0.5, 0.6) is 0 Å². The zero-order valence-electron chi connectivity index (χ0n) is 24.4. The molecule has 0 saturated carbocycles. The molecular weight excluding hydrogens is 596 g/mol. The van der Waals surface area contributed by atoms with E-state index in [4.69, 9.17) is 22.6 Å². The van der Waals surface area contributed by atoms with Gasteiger partial charge in [0.05, 0.1) is 45.0 Å². The van der Waals surface area contributed by atoms with Gasteiger partial charge in [-0.05, 0) is 29.5 Å². The third kappa shape index (κ3) is 13.7. The van der Waals surface area contributed by atoms with Crippen molar-refractivity contribution in [2.75, 3.05) is 25.7 Å². The van der Waals surface area contributed by atoms with Crippen molar-refractivity contribution in [1.29, 1.82) is 0 Å². The summed E-state index contributed by atoms with van der Waals surface area (Å²) < 4.78 is 79.0. The van der Waals surface area contributed by atoms with Gasteiger partial charge < -0.3 is 19.3 Å². The van der Waals surface area contributed by atoms with Crippen LogP contribution in [0.3, 0.4) is 0 Å². The third-order valence-corrected chi connectivity index (χ3v) is 7.47. The summed E-state index contributed by atoms with van der Waals surface area (Å²) in [6.45, 7) is -0.425. The normalized spacial score (nSPS) is 15.0. The number of hydrogen-bond donors (Lipinski definition) is 1. The summed E-state index contributed by atoms with van der Waals surface area (Å²) >= 11 is 0. The van der Waals surface area contributed by atoms with Crippen molar-refractivity contribution in [3.05, 3.63) is 108 Å². The molecule has 0 heterocycles. The lowest BCUT2D eigenvalue weighted by molar-refractivity contribution is -0.167. The van der Waals surface area contributed by atoms with E-state index in [1.54, 1.807) is 0 Å². The molecule has 0 saturated heterocycles. The largest absolute Gasteiger partial charge is 0.396 e. The van der Waals surface area contributed by atoms with Gasteiger partial charge in [0.15, 0.2) is 0 Å². The van der Waals surface area contributed by atoms with Gasteiger partial charge in [-0.1, -0.05) is 91.0 Å². The van der Waals surface area contributed by atoms with Crippen LogP contribution < -0.4 is 0 Å². The Balaban J connectivity index is 2.03. The lowest BCUT2D eigenvalue weighted by Gasteiger charge is -2.36. The Hall–Kier alpha value is -2.68. The molecule has 0 aliphatic carbocycles. The Morgan fingerprint density at radius 3 is 1.47 bits per heavy atom. The fourth-order valence-electron chi connectivity index (χ4n) is 4.33. The molecule has 0 aliphatic heterocycles. The average Bonchev–Trinajstić information content (AvgIpc) is 2.98. The molecule has 0 spiro atoms. The molecule has 0 aliphatic rings. The molecule has 0 fully saturated rings. The molecule has 3 aromatic rings. The Morgan fingerprint density at radius 2 is 1.05 bits per heavy atom. The van der Waals surface area contributed by atoms with Gasteiger partial charge in [-0.25, -0.2) is 0 Å². The molecule has 0 unspecified atom stereocenters. The maximum Gasteiger partial charge on any atom is 0.264 e. The maximum atomic E-state index is 12.6. The standard InChI is InChI=1S/C31H40O10S2/c1-42(33,34)40-24-29(38-22-26-15-8-4-9-16-26)30(39-23-27-17-10-5-11-18-27)31(41-43(2,35)36)28(19-12-20-32)37-21-25-13-6-3-7-14-25/h3-11,13-18,28-32H,12,19-24H2,1-2H3/t28-,29-,30-,31+/m0/s1. The number of ether oxygens (including phenoxy) is 3. The van der Waals surface area contributed by atoms with Crippen LogP contribution in [-0.4, -0.2) is 72.1 Å². The first-order valence-electron chi connectivity index (χ1n) is 13.8. The van der Waals surface area contributed by atoms with Crippen LogP contribution in [0.1, 0.15) is 29.5 Å². The van der Waals surface area contributed by atoms with Gasteiger partial charge in [0.1, 0.15) is 18.3 Å². The second-order valence-corrected chi connectivity index (χ2v) is 13.3. The van der Waals surface area contributed by atoms with E-state index in [1.807, 2.05) is 91.0 Å². The number of aliphatic hydroxyl groups excluding tert-OH is 1. The summed E-state index contributed by atoms with van der Waals surface area (Å²) in [6, 6.07) is 27.7. The number of rotatable bonds is 20. The van der Waals surface area contributed by atoms with E-state index in [-0.39, 0.29) is 39.3 Å². The van der Waals surface area contributed by atoms with Gasteiger partial charge >= 0.3 is 0 Å². The number of aliphatic hydroxyl groups is 1. The molecule has 0 amide bonds. The van der Waals surface area contributed by atoms with Gasteiger partial charge in [0.2, 0.25) is 0 Å². The first-order chi connectivity index (χ1) is 20.5. The molecule has 236 valence electrons. The second-order valence-electron chi connectivity index (χ2n) is 10.1. The molecular formula is C31H40O10S2. The second kappa shape index (κ2) is 17.6. The van der Waals surface area contributed by atoms with E-state index >= 15 is 0 Å². The van der Waals surface area contributed by atoms with Gasteiger partial charge in [-0.3, -0.25) is 8.37 Å². The Bertz CT molecular complexity index is 1400. The summed E-state index contributed by atoms with van der Waals surface area (Å²) in [4.78, 5) is 0. The number of hydrogen-bond acceptors (Lipinski definition) is 10. The molecule has 3 aromatic carbocycles. The molecule has 1 N–H and O–H groups in total. The molecule has 3 rings (SSSR count). The first-order valence-corrected chi connectivity index (χ1v) is 17.5. The smallest absolute Gasteiger partial charge is 0.264 e. The van der Waals surface area contributed by atoms with Crippen molar-refractivity contribution in [1.82, 2.24) is 0 Å². The quantitative estimate of drug-likeness (QED) is 0.182. The molecule has 4 atom stereocenters. The van der Waals surface area contributed by atoms with Crippen LogP contribution in [0.2, 0.25) is 0 Å². The highest BCUT2D eigenvalue weighted by Gasteiger charge is 2.41. The van der Waals surface area contributed by atoms with E-state index in [0.29, 0.717) is 0 Å². The predicted octanol–water partition coefficient (Wildman–Crippen LogP) is 3.84. The third-order valence-electron chi connectivity index (χ3n) is 6.33.